The smallest absolute Gasteiger partial charge is 0.264 e. The SMILES string of the molecule is CCN1CCN(S(=O)(=O)c2ccc(NC(=O)[C@@H]3CCCN3C(=O)c3cccs3)cc2)CC1. The van der Waals surface area contributed by atoms with Gasteiger partial charge in [-0.2, -0.15) is 4.31 Å². The monoisotopic (exact) mass is 476 g/mol. The van der Waals surface area contributed by atoms with Gasteiger partial charge in [0.25, 0.3) is 5.91 Å². The summed E-state index contributed by atoms with van der Waals surface area (Å²) >= 11 is 1.37. The Morgan fingerprint density at radius 1 is 1.06 bits per heavy atom. The molecule has 0 spiro atoms. The summed E-state index contributed by atoms with van der Waals surface area (Å²) in [7, 11) is -3.56. The van der Waals surface area contributed by atoms with E-state index in [-0.39, 0.29) is 16.7 Å². The van der Waals surface area contributed by atoms with Crippen molar-refractivity contribution in [2.24, 2.45) is 0 Å². The number of nitrogens with zero attached hydrogens (tertiary/aromatic N) is 3. The van der Waals surface area contributed by atoms with Crippen molar-refractivity contribution < 1.29 is 18.0 Å². The van der Waals surface area contributed by atoms with Crippen molar-refractivity contribution in [1.29, 1.82) is 0 Å². The van der Waals surface area contributed by atoms with E-state index in [9.17, 15) is 18.0 Å². The maximum absolute atomic E-state index is 12.9. The molecule has 2 aliphatic heterocycles. The number of amides is 2. The van der Waals surface area contributed by atoms with Gasteiger partial charge in [0.05, 0.1) is 9.77 Å². The van der Waals surface area contributed by atoms with Crippen LogP contribution in [0.5, 0.6) is 0 Å². The third kappa shape index (κ3) is 4.73. The third-order valence-corrected chi connectivity index (χ3v) is 8.86. The summed E-state index contributed by atoms with van der Waals surface area (Å²) in [6, 6.07) is 9.33. The molecule has 0 aliphatic carbocycles. The number of likely N-dealkylation sites (N-methyl/N-ethyl adjacent to an activating group) is 1. The number of hydrogen-bond donors (Lipinski definition) is 1. The summed E-state index contributed by atoms with van der Waals surface area (Å²) in [5.41, 5.74) is 0.514. The van der Waals surface area contributed by atoms with Gasteiger partial charge < -0.3 is 15.1 Å². The van der Waals surface area contributed by atoms with Gasteiger partial charge in [-0.3, -0.25) is 9.59 Å². The number of carbonyl (C=O) groups excluding carboxylic acids is 2. The normalized spacial score (nSPS) is 20.4. The minimum Gasteiger partial charge on any atom is -0.326 e. The second kappa shape index (κ2) is 9.70. The Labute approximate surface area is 192 Å². The lowest BCUT2D eigenvalue weighted by molar-refractivity contribution is -0.119. The topological polar surface area (TPSA) is 90.0 Å². The highest BCUT2D eigenvalue weighted by Gasteiger charge is 2.35. The molecule has 0 saturated carbocycles. The fraction of sp³-hybridized carbons (Fsp3) is 0.455. The summed E-state index contributed by atoms with van der Waals surface area (Å²) in [5, 5.41) is 4.69. The first-order valence-electron chi connectivity index (χ1n) is 10.9. The molecule has 1 N–H and O–H groups in total. The molecule has 2 fully saturated rings. The number of sulfonamides is 1. The number of anilines is 1. The molecule has 2 amide bonds. The second-order valence-electron chi connectivity index (χ2n) is 7.99. The predicted octanol–water partition coefficient (Wildman–Crippen LogP) is 2.32. The van der Waals surface area contributed by atoms with Gasteiger partial charge in [-0.25, -0.2) is 8.42 Å². The van der Waals surface area contributed by atoms with Crippen molar-refractivity contribution >= 4 is 38.9 Å². The van der Waals surface area contributed by atoms with Crippen LogP contribution < -0.4 is 5.32 Å². The molecule has 8 nitrogen and oxygen atoms in total. The Kier molecular flexibility index (Phi) is 6.94. The van der Waals surface area contributed by atoms with E-state index in [0.717, 1.165) is 26.1 Å². The molecule has 1 aromatic carbocycles. The summed E-state index contributed by atoms with van der Waals surface area (Å²) < 4.78 is 27.4. The molecule has 4 rings (SSSR count). The highest BCUT2D eigenvalue weighted by Crippen LogP contribution is 2.24. The van der Waals surface area contributed by atoms with Gasteiger partial charge in [0, 0.05) is 38.4 Å². The number of benzene rings is 1. The van der Waals surface area contributed by atoms with Crippen molar-refractivity contribution in [3.8, 4) is 0 Å². The van der Waals surface area contributed by atoms with Crippen LogP contribution in [0.3, 0.4) is 0 Å². The Morgan fingerprint density at radius 3 is 2.41 bits per heavy atom. The lowest BCUT2D eigenvalue weighted by Gasteiger charge is -2.33. The maximum atomic E-state index is 12.9. The van der Waals surface area contributed by atoms with E-state index in [1.165, 1.54) is 27.8 Å². The van der Waals surface area contributed by atoms with E-state index >= 15 is 0 Å². The third-order valence-electron chi connectivity index (χ3n) is 6.09. The highest BCUT2D eigenvalue weighted by molar-refractivity contribution is 7.89. The molecule has 1 aromatic heterocycles. The lowest BCUT2D eigenvalue weighted by atomic mass is 10.2. The van der Waals surface area contributed by atoms with Crippen LogP contribution in [0.1, 0.15) is 29.4 Å². The second-order valence-corrected chi connectivity index (χ2v) is 10.9. The Balaban J connectivity index is 1.40. The van der Waals surface area contributed by atoms with Gasteiger partial charge in [0.2, 0.25) is 15.9 Å². The van der Waals surface area contributed by atoms with E-state index in [1.807, 2.05) is 11.4 Å². The molecule has 1 atom stereocenters. The zero-order valence-electron chi connectivity index (χ0n) is 18.1. The molecule has 2 saturated heterocycles. The van der Waals surface area contributed by atoms with Gasteiger partial charge in [-0.05, 0) is 55.1 Å². The van der Waals surface area contributed by atoms with Crippen molar-refractivity contribution in [2.75, 3.05) is 44.6 Å². The highest BCUT2D eigenvalue weighted by atomic mass is 32.2. The molecule has 0 unspecified atom stereocenters. The number of likely N-dealkylation sites (tertiary alicyclic amines) is 1. The van der Waals surface area contributed by atoms with Gasteiger partial charge >= 0.3 is 0 Å². The number of piperazine rings is 1. The minimum atomic E-state index is -3.56. The molecule has 3 heterocycles. The minimum absolute atomic E-state index is 0.123. The average molecular weight is 477 g/mol. The first kappa shape index (κ1) is 22.9. The van der Waals surface area contributed by atoms with E-state index in [0.29, 0.717) is 36.6 Å². The van der Waals surface area contributed by atoms with Crippen LogP contribution in [0.2, 0.25) is 0 Å². The molecular formula is C22H28N4O4S2. The van der Waals surface area contributed by atoms with Crippen molar-refractivity contribution in [3.05, 3.63) is 46.7 Å². The zero-order valence-corrected chi connectivity index (χ0v) is 19.7. The Hall–Kier alpha value is -2.27. The molecule has 32 heavy (non-hydrogen) atoms. The van der Waals surface area contributed by atoms with Gasteiger partial charge in [-0.15, -0.1) is 11.3 Å². The Bertz CT molecular complexity index is 1050. The number of thiophene rings is 1. The van der Waals surface area contributed by atoms with Crippen LogP contribution in [-0.2, 0) is 14.8 Å². The number of nitrogens with one attached hydrogen (secondary N) is 1. The van der Waals surface area contributed by atoms with Crippen LogP contribution >= 0.6 is 11.3 Å². The zero-order chi connectivity index (χ0) is 22.7. The van der Waals surface area contributed by atoms with Crippen LogP contribution in [0.25, 0.3) is 0 Å². The molecule has 2 aromatic rings. The van der Waals surface area contributed by atoms with Crippen molar-refractivity contribution in [3.63, 3.8) is 0 Å². The van der Waals surface area contributed by atoms with Crippen LogP contribution in [0, 0.1) is 0 Å². The van der Waals surface area contributed by atoms with Gasteiger partial charge in [-0.1, -0.05) is 13.0 Å². The fourth-order valence-electron chi connectivity index (χ4n) is 4.20. The van der Waals surface area contributed by atoms with Crippen LogP contribution in [-0.4, -0.2) is 79.6 Å². The first-order valence-corrected chi connectivity index (χ1v) is 13.2. The number of hydrogen-bond acceptors (Lipinski definition) is 6. The molecule has 2 aliphatic rings. The molecule has 10 heteroatoms. The number of rotatable bonds is 6. The largest absolute Gasteiger partial charge is 0.326 e. The van der Waals surface area contributed by atoms with Crippen LogP contribution in [0.15, 0.2) is 46.7 Å². The van der Waals surface area contributed by atoms with Crippen molar-refractivity contribution in [1.82, 2.24) is 14.1 Å². The molecule has 0 bridgehead atoms. The van der Waals surface area contributed by atoms with E-state index < -0.39 is 16.1 Å². The van der Waals surface area contributed by atoms with Gasteiger partial charge in [0.1, 0.15) is 6.04 Å². The standard InChI is InChI=1S/C22H28N4O4S2/c1-2-24-12-14-25(15-13-24)32(29,30)18-9-7-17(8-10-18)23-21(27)19-5-3-11-26(19)22(28)20-6-4-16-31-20/h4,6-10,16,19H,2-3,5,11-15H2,1H3,(H,23,27)/t19-/m0/s1. The van der Waals surface area contributed by atoms with Gasteiger partial charge in [0.15, 0.2) is 0 Å². The average Bonchev–Trinajstić information content (AvgIpc) is 3.51. The summed E-state index contributed by atoms with van der Waals surface area (Å²) in [6.07, 6.45) is 1.39. The van der Waals surface area contributed by atoms with Crippen LogP contribution in [0.4, 0.5) is 5.69 Å². The molecule has 172 valence electrons. The van der Waals surface area contributed by atoms with E-state index in [4.69, 9.17) is 0 Å². The summed E-state index contributed by atoms with van der Waals surface area (Å²) in [6.45, 7) is 5.95. The fourth-order valence-corrected chi connectivity index (χ4v) is 6.30. The van der Waals surface area contributed by atoms with E-state index in [2.05, 4.69) is 17.1 Å². The maximum Gasteiger partial charge on any atom is 0.264 e. The van der Waals surface area contributed by atoms with E-state index in [1.54, 1.807) is 23.1 Å². The summed E-state index contributed by atoms with van der Waals surface area (Å²) in [4.78, 5) is 30.2. The number of carbonyl (C=O) groups is 2. The Morgan fingerprint density at radius 2 is 1.78 bits per heavy atom. The quantitative estimate of drug-likeness (QED) is 0.691. The lowest BCUT2D eigenvalue weighted by Crippen LogP contribution is -2.48. The van der Waals surface area contributed by atoms with Crippen molar-refractivity contribution in [2.45, 2.75) is 30.7 Å². The predicted molar refractivity (Wildman–Crippen MR) is 124 cm³/mol. The molecule has 0 radical (unpaired) electrons. The first-order chi connectivity index (χ1) is 15.4. The molecular weight excluding hydrogens is 448 g/mol. The summed E-state index contributed by atoms with van der Waals surface area (Å²) in [5.74, 6) is -0.374.